The predicted molar refractivity (Wildman–Crippen MR) is 66.3 cm³/mol. The second-order valence-electron chi connectivity index (χ2n) is 3.50. The SMILES string of the molecule is CCC(Cl)CCc1cc(Cl)ccc1OC. The van der Waals surface area contributed by atoms with E-state index in [0.29, 0.717) is 0 Å². The van der Waals surface area contributed by atoms with Crippen molar-refractivity contribution in [2.75, 3.05) is 7.11 Å². The van der Waals surface area contributed by atoms with E-state index in [2.05, 4.69) is 6.92 Å². The van der Waals surface area contributed by atoms with Crippen molar-refractivity contribution in [2.45, 2.75) is 31.6 Å². The number of halogens is 2. The molecule has 15 heavy (non-hydrogen) atoms. The summed E-state index contributed by atoms with van der Waals surface area (Å²) < 4.78 is 5.26. The van der Waals surface area contributed by atoms with Crippen LogP contribution in [0.3, 0.4) is 0 Å². The molecule has 1 unspecified atom stereocenters. The van der Waals surface area contributed by atoms with Gasteiger partial charge in [-0.2, -0.15) is 0 Å². The predicted octanol–water partition coefficient (Wildman–Crippen LogP) is 4.30. The largest absolute Gasteiger partial charge is 0.496 e. The van der Waals surface area contributed by atoms with Crippen molar-refractivity contribution in [3.05, 3.63) is 28.8 Å². The summed E-state index contributed by atoms with van der Waals surface area (Å²) in [6.45, 7) is 2.09. The Kier molecular flexibility index (Phi) is 5.27. The van der Waals surface area contributed by atoms with Crippen LogP contribution in [0.4, 0.5) is 0 Å². The van der Waals surface area contributed by atoms with Crippen LogP contribution >= 0.6 is 23.2 Å². The maximum atomic E-state index is 6.08. The van der Waals surface area contributed by atoms with Crippen molar-refractivity contribution in [1.29, 1.82) is 0 Å². The number of hydrogen-bond acceptors (Lipinski definition) is 1. The molecule has 0 saturated heterocycles. The van der Waals surface area contributed by atoms with Crippen molar-refractivity contribution >= 4 is 23.2 Å². The van der Waals surface area contributed by atoms with Gasteiger partial charge in [0.05, 0.1) is 7.11 Å². The summed E-state index contributed by atoms with van der Waals surface area (Å²) in [5.41, 5.74) is 1.13. The topological polar surface area (TPSA) is 9.23 Å². The fourth-order valence-corrected chi connectivity index (χ4v) is 1.76. The third kappa shape index (κ3) is 3.92. The van der Waals surface area contributed by atoms with Gasteiger partial charge in [0.1, 0.15) is 5.75 Å². The smallest absolute Gasteiger partial charge is 0.122 e. The average molecular weight is 247 g/mol. The molecule has 1 aromatic carbocycles. The lowest BCUT2D eigenvalue weighted by Crippen LogP contribution is -2.00. The van der Waals surface area contributed by atoms with Crippen molar-refractivity contribution in [3.8, 4) is 5.75 Å². The molecule has 0 radical (unpaired) electrons. The van der Waals surface area contributed by atoms with E-state index >= 15 is 0 Å². The highest BCUT2D eigenvalue weighted by Gasteiger charge is 2.07. The van der Waals surface area contributed by atoms with Crippen LogP contribution in [0.15, 0.2) is 18.2 Å². The summed E-state index contributed by atoms with van der Waals surface area (Å²) in [6.07, 6.45) is 2.85. The molecule has 3 heteroatoms. The molecule has 1 nitrogen and oxygen atoms in total. The zero-order valence-electron chi connectivity index (χ0n) is 9.09. The van der Waals surface area contributed by atoms with Crippen LogP contribution in [0, 0.1) is 0 Å². The van der Waals surface area contributed by atoms with Gasteiger partial charge < -0.3 is 4.74 Å². The molecule has 0 aliphatic carbocycles. The Morgan fingerprint density at radius 3 is 2.73 bits per heavy atom. The van der Waals surface area contributed by atoms with E-state index in [1.54, 1.807) is 7.11 Å². The molecule has 0 N–H and O–H groups in total. The fourth-order valence-electron chi connectivity index (χ4n) is 1.46. The molecule has 0 aliphatic rings. The Morgan fingerprint density at radius 2 is 2.13 bits per heavy atom. The molecule has 0 heterocycles. The number of benzene rings is 1. The second-order valence-corrected chi connectivity index (χ2v) is 4.55. The molecule has 0 aliphatic heterocycles. The van der Waals surface area contributed by atoms with E-state index in [1.165, 1.54) is 0 Å². The summed E-state index contributed by atoms with van der Waals surface area (Å²) >= 11 is 12.0. The van der Waals surface area contributed by atoms with Crippen molar-refractivity contribution in [1.82, 2.24) is 0 Å². The maximum Gasteiger partial charge on any atom is 0.122 e. The highest BCUT2D eigenvalue weighted by atomic mass is 35.5. The molecule has 1 aromatic rings. The lowest BCUT2D eigenvalue weighted by molar-refractivity contribution is 0.409. The van der Waals surface area contributed by atoms with Gasteiger partial charge in [0, 0.05) is 10.4 Å². The molecule has 0 spiro atoms. The van der Waals surface area contributed by atoms with Gasteiger partial charge in [-0.25, -0.2) is 0 Å². The number of alkyl halides is 1. The van der Waals surface area contributed by atoms with Crippen molar-refractivity contribution in [3.63, 3.8) is 0 Å². The van der Waals surface area contributed by atoms with Gasteiger partial charge >= 0.3 is 0 Å². The number of rotatable bonds is 5. The quantitative estimate of drug-likeness (QED) is 0.705. The van der Waals surface area contributed by atoms with E-state index in [0.717, 1.165) is 35.6 Å². The van der Waals surface area contributed by atoms with E-state index in [1.807, 2.05) is 18.2 Å². The minimum atomic E-state index is 0.230. The van der Waals surface area contributed by atoms with Crippen molar-refractivity contribution in [2.24, 2.45) is 0 Å². The third-order valence-corrected chi connectivity index (χ3v) is 3.17. The molecule has 0 aromatic heterocycles. The minimum Gasteiger partial charge on any atom is -0.496 e. The van der Waals surface area contributed by atoms with Crippen LogP contribution in [0.5, 0.6) is 5.75 Å². The first-order valence-electron chi connectivity index (χ1n) is 5.13. The van der Waals surface area contributed by atoms with E-state index in [4.69, 9.17) is 27.9 Å². The summed E-state index contributed by atoms with van der Waals surface area (Å²) in [6, 6.07) is 5.67. The molecule has 0 amide bonds. The number of methoxy groups -OCH3 is 1. The average Bonchev–Trinajstić information content (AvgIpc) is 2.26. The highest BCUT2D eigenvalue weighted by Crippen LogP contribution is 2.25. The Balaban J connectivity index is 2.69. The highest BCUT2D eigenvalue weighted by molar-refractivity contribution is 6.30. The zero-order chi connectivity index (χ0) is 11.3. The monoisotopic (exact) mass is 246 g/mol. The first-order chi connectivity index (χ1) is 7.17. The number of ether oxygens (including phenoxy) is 1. The Hall–Kier alpha value is -0.400. The van der Waals surface area contributed by atoms with Gasteiger partial charge in [-0.3, -0.25) is 0 Å². The first kappa shape index (κ1) is 12.7. The maximum absolute atomic E-state index is 6.08. The molecule has 0 bridgehead atoms. The normalized spacial score (nSPS) is 12.5. The molecule has 1 atom stereocenters. The second kappa shape index (κ2) is 6.24. The summed E-state index contributed by atoms with van der Waals surface area (Å²) in [5, 5.41) is 0.974. The standard InChI is InChI=1S/C12H16Cl2O/c1-3-10(13)5-4-9-8-11(14)6-7-12(9)15-2/h6-8,10H,3-5H2,1-2H3. The lowest BCUT2D eigenvalue weighted by atomic mass is 10.1. The zero-order valence-corrected chi connectivity index (χ0v) is 10.6. The molecule has 0 fully saturated rings. The van der Waals surface area contributed by atoms with E-state index in [-0.39, 0.29) is 5.38 Å². The Bertz CT molecular complexity index is 312. The van der Waals surface area contributed by atoms with Crippen molar-refractivity contribution < 1.29 is 4.74 Å². The van der Waals surface area contributed by atoms with Gasteiger partial charge in [0.25, 0.3) is 0 Å². The van der Waals surface area contributed by atoms with Crippen LogP contribution < -0.4 is 4.74 Å². The van der Waals surface area contributed by atoms with Gasteiger partial charge in [-0.05, 0) is 43.0 Å². The summed E-state index contributed by atoms with van der Waals surface area (Å²) in [4.78, 5) is 0. The molecular formula is C12H16Cl2O. The van der Waals surface area contributed by atoms with Crippen LogP contribution in [0.25, 0.3) is 0 Å². The van der Waals surface area contributed by atoms with Gasteiger partial charge in [0.15, 0.2) is 0 Å². The van der Waals surface area contributed by atoms with E-state index < -0.39 is 0 Å². The first-order valence-corrected chi connectivity index (χ1v) is 5.95. The Morgan fingerprint density at radius 1 is 1.40 bits per heavy atom. The van der Waals surface area contributed by atoms with Crippen LogP contribution in [-0.2, 0) is 6.42 Å². The van der Waals surface area contributed by atoms with E-state index in [9.17, 15) is 0 Å². The number of hydrogen-bond donors (Lipinski definition) is 0. The molecule has 1 rings (SSSR count). The minimum absolute atomic E-state index is 0.230. The molecular weight excluding hydrogens is 231 g/mol. The van der Waals surface area contributed by atoms with Gasteiger partial charge in [-0.15, -0.1) is 11.6 Å². The van der Waals surface area contributed by atoms with Crippen LogP contribution in [-0.4, -0.2) is 12.5 Å². The third-order valence-electron chi connectivity index (χ3n) is 2.41. The van der Waals surface area contributed by atoms with Gasteiger partial charge in [0.2, 0.25) is 0 Å². The fraction of sp³-hybridized carbons (Fsp3) is 0.500. The lowest BCUT2D eigenvalue weighted by Gasteiger charge is -2.10. The van der Waals surface area contributed by atoms with Crippen LogP contribution in [0.2, 0.25) is 5.02 Å². The summed E-state index contributed by atoms with van der Waals surface area (Å²) in [5.74, 6) is 0.888. The Labute approximate surface area is 101 Å². The van der Waals surface area contributed by atoms with Crippen LogP contribution in [0.1, 0.15) is 25.3 Å². The molecule has 84 valence electrons. The van der Waals surface area contributed by atoms with Gasteiger partial charge in [-0.1, -0.05) is 18.5 Å². The molecule has 0 saturated carbocycles. The number of aryl methyl sites for hydroxylation is 1. The summed E-state index contributed by atoms with van der Waals surface area (Å²) in [7, 11) is 1.67.